The van der Waals surface area contributed by atoms with Crippen LogP contribution in [0.3, 0.4) is 0 Å². The summed E-state index contributed by atoms with van der Waals surface area (Å²) in [6, 6.07) is 8.10. The van der Waals surface area contributed by atoms with Crippen LogP contribution >= 0.6 is 0 Å². The Balaban J connectivity index is 2.11. The van der Waals surface area contributed by atoms with Gasteiger partial charge in [0.2, 0.25) is 15.9 Å². The van der Waals surface area contributed by atoms with Gasteiger partial charge in [-0.2, -0.15) is 0 Å². The Morgan fingerprint density at radius 2 is 2.04 bits per heavy atom. The second-order valence-electron chi connectivity index (χ2n) is 5.79. The number of aryl methyl sites for hydroxylation is 2. The number of aliphatic hydroxyl groups is 1. The maximum Gasteiger partial charge on any atom is 0.240 e. The molecule has 1 aromatic carbocycles. The van der Waals surface area contributed by atoms with Crippen LogP contribution in [0.4, 0.5) is 5.69 Å². The summed E-state index contributed by atoms with van der Waals surface area (Å²) in [5, 5.41) is 12.8. The second kappa shape index (κ2) is 7.81. The summed E-state index contributed by atoms with van der Waals surface area (Å²) < 4.78 is 29.1. The van der Waals surface area contributed by atoms with Gasteiger partial charge in [-0.15, -0.1) is 0 Å². The predicted octanol–water partition coefficient (Wildman–Crippen LogP) is 1.69. The molecule has 0 spiro atoms. The number of sulfonamides is 1. The van der Waals surface area contributed by atoms with Crippen LogP contribution < -0.4 is 10.0 Å². The zero-order valence-electron chi connectivity index (χ0n) is 14.5. The first-order valence-corrected chi connectivity index (χ1v) is 9.42. The van der Waals surface area contributed by atoms with E-state index in [0.29, 0.717) is 23.4 Å². The molecule has 0 unspecified atom stereocenters. The zero-order chi connectivity index (χ0) is 18.6. The van der Waals surface area contributed by atoms with Crippen molar-refractivity contribution in [3.63, 3.8) is 0 Å². The average molecular weight is 365 g/mol. The number of nitrogens with one attached hydrogen (secondary N) is 2. The topological polar surface area (TPSA) is 100 Å². The highest BCUT2D eigenvalue weighted by Gasteiger charge is 2.20. The summed E-state index contributed by atoms with van der Waals surface area (Å²) in [4.78, 5) is 11.5. The van der Waals surface area contributed by atoms with Gasteiger partial charge in [-0.1, -0.05) is 6.92 Å². The van der Waals surface area contributed by atoms with Crippen LogP contribution in [0.2, 0.25) is 0 Å². The molecule has 0 saturated carbocycles. The number of benzene rings is 1. The van der Waals surface area contributed by atoms with Crippen molar-refractivity contribution in [3.05, 3.63) is 47.8 Å². The molecule has 0 aliphatic carbocycles. The van der Waals surface area contributed by atoms with Gasteiger partial charge in [-0.05, 0) is 42.8 Å². The van der Waals surface area contributed by atoms with Gasteiger partial charge in [0, 0.05) is 37.6 Å². The fraction of sp³-hybridized carbons (Fsp3) is 0.353. The molecule has 3 N–H and O–H groups in total. The highest BCUT2D eigenvalue weighted by Crippen LogP contribution is 2.20. The van der Waals surface area contributed by atoms with Gasteiger partial charge < -0.3 is 15.0 Å². The summed E-state index contributed by atoms with van der Waals surface area (Å²) in [6.07, 6.45) is 1.18. The van der Waals surface area contributed by atoms with Gasteiger partial charge in [0.15, 0.2) is 0 Å². The average Bonchev–Trinajstić information content (AvgIpc) is 2.98. The fourth-order valence-electron chi connectivity index (χ4n) is 2.47. The highest BCUT2D eigenvalue weighted by molar-refractivity contribution is 7.89. The molecule has 0 bridgehead atoms. The summed E-state index contributed by atoms with van der Waals surface area (Å²) in [7, 11) is -1.99. The van der Waals surface area contributed by atoms with E-state index in [9.17, 15) is 18.3 Å². The number of carbonyl (C=O) groups is 1. The molecule has 7 nitrogen and oxygen atoms in total. The first-order chi connectivity index (χ1) is 11.7. The third-order valence-corrected chi connectivity index (χ3v) is 5.45. The molecule has 8 heteroatoms. The minimum Gasteiger partial charge on any atom is -0.386 e. The minimum absolute atomic E-state index is 0.112. The smallest absolute Gasteiger partial charge is 0.240 e. The van der Waals surface area contributed by atoms with E-state index in [4.69, 9.17) is 0 Å². The lowest BCUT2D eigenvalue weighted by Crippen LogP contribution is -2.29. The van der Waals surface area contributed by atoms with Gasteiger partial charge in [-0.3, -0.25) is 4.79 Å². The van der Waals surface area contributed by atoms with Crippen LogP contribution in [0.15, 0.2) is 41.4 Å². The number of rotatable bonds is 7. The fourth-order valence-corrected chi connectivity index (χ4v) is 3.73. The van der Waals surface area contributed by atoms with Gasteiger partial charge in [0.05, 0.1) is 4.90 Å². The Bertz CT molecular complexity index is 859. The number of carbonyl (C=O) groups excluding carboxylic acids is 1. The van der Waals surface area contributed by atoms with Crippen LogP contribution in [-0.4, -0.2) is 30.5 Å². The van der Waals surface area contributed by atoms with Crippen molar-refractivity contribution >= 4 is 21.6 Å². The molecular formula is C17H23N3O4S. The van der Waals surface area contributed by atoms with Crippen LogP contribution in [0.5, 0.6) is 0 Å². The molecule has 0 aliphatic heterocycles. The normalized spacial score (nSPS) is 12.8. The molecular weight excluding hydrogens is 342 g/mol. The third kappa shape index (κ3) is 4.68. The van der Waals surface area contributed by atoms with Crippen molar-refractivity contribution in [1.29, 1.82) is 0 Å². The minimum atomic E-state index is -3.77. The van der Waals surface area contributed by atoms with E-state index in [1.54, 1.807) is 55.9 Å². The largest absolute Gasteiger partial charge is 0.386 e. The van der Waals surface area contributed by atoms with Crippen molar-refractivity contribution in [2.75, 3.05) is 11.9 Å². The molecule has 0 aliphatic rings. The second-order valence-corrected chi connectivity index (χ2v) is 7.53. The van der Waals surface area contributed by atoms with Crippen LogP contribution in [0.25, 0.3) is 0 Å². The van der Waals surface area contributed by atoms with Crippen molar-refractivity contribution in [1.82, 2.24) is 9.29 Å². The number of hydrogen-bond donors (Lipinski definition) is 3. The molecule has 0 fully saturated rings. The molecule has 2 aromatic rings. The lowest BCUT2D eigenvalue weighted by atomic mass is 10.2. The highest BCUT2D eigenvalue weighted by atomic mass is 32.2. The maximum atomic E-state index is 12.5. The van der Waals surface area contributed by atoms with E-state index in [0.717, 1.165) is 0 Å². The van der Waals surface area contributed by atoms with E-state index in [2.05, 4.69) is 10.0 Å². The summed E-state index contributed by atoms with van der Waals surface area (Å²) in [5.41, 5.74) is 1.68. The molecule has 25 heavy (non-hydrogen) atoms. The maximum absolute atomic E-state index is 12.5. The Morgan fingerprint density at radius 1 is 1.32 bits per heavy atom. The summed E-state index contributed by atoms with van der Waals surface area (Å²) >= 11 is 0. The van der Waals surface area contributed by atoms with Crippen molar-refractivity contribution < 1.29 is 18.3 Å². The number of aromatic nitrogens is 1. The Kier molecular flexibility index (Phi) is 5.99. The lowest BCUT2D eigenvalue weighted by molar-refractivity contribution is -0.115. The predicted molar refractivity (Wildman–Crippen MR) is 95.7 cm³/mol. The van der Waals surface area contributed by atoms with Crippen LogP contribution in [0.1, 0.15) is 30.7 Å². The van der Waals surface area contributed by atoms with Gasteiger partial charge >= 0.3 is 0 Å². The Labute approximate surface area is 147 Å². The molecule has 0 saturated heterocycles. The Morgan fingerprint density at radius 3 is 2.60 bits per heavy atom. The third-order valence-electron chi connectivity index (χ3n) is 3.86. The van der Waals surface area contributed by atoms with E-state index in [1.807, 2.05) is 0 Å². The number of aliphatic hydroxyl groups excluding tert-OH is 1. The summed E-state index contributed by atoms with van der Waals surface area (Å²) in [6.45, 7) is 3.26. The van der Waals surface area contributed by atoms with E-state index in [1.165, 1.54) is 6.07 Å². The SMILES string of the molecule is CCC(=O)Nc1ccc(S(=O)(=O)NC[C@H](O)c2cccn2C)c(C)c1. The zero-order valence-corrected chi connectivity index (χ0v) is 15.3. The number of hydrogen-bond acceptors (Lipinski definition) is 4. The van der Waals surface area contributed by atoms with E-state index >= 15 is 0 Å². The van der Waals surface area contributed by atoms with Crippen LogP contribution in [-0.2, 0) is 21.9 Å². The van der Waals surface area contributed by atoms with E-state index in [-0.39, 0.29) is 17.3 Å². The van der Waals surface area contributed by atoms with E-state index < -0.39 is 16.1 Å². The molecule has 1 amide bonds. The first-order valence-electron chi connectivity index (χ1n) is 7.94. The molecule has 2 rings (SSSR count). The van der Waals surface area contributed by atoms with Crippen molar-refractivity contribution in [2.45, 2.75) is 31.3 Å². The number of nitrogens with zero attached hydrogens (tertiary/aromatic N) is 1. The number of anilines is 1. The Hall–Kier alpha value is -2.16. The van der Waals surface area contributed by atoms with Gasteiger partial charge in [0.1, 0.15) is 6.10 Å². The van der Waals surface area contributed by atoms with Crippen molar-refractivity contribution in [3.8, 4) is 0 Å². The number of amides is 1. The molecule has 0 radical (unpaired) electrons. The standard InChI is InChI=1S/C17H23N3O4S/c1-4-17(22)19-13-7-8-16(12(2)10-13)25(23,24)18-11-15(21)14-6-5-9-20(14)3/h5-10,15,18,21H,4,11H2,1-3H3,(H,19,22)/t15-/m0/s1. The molecule has 1 heterocycles. The molecule has 1 aromatic heterocycles. The monoisotopic (exact) mass is 365 g/mol. The quantitative estimate of drug-likeness (QED) is 0.695. The van der Waals surface area contributed by atoms with Crippen molar-refractivity contribution in [2.24, 2.45) is 7.05 Å². The van der Waals surface area contributed by atoms with Gasteiger partial charge in [0.25, 0.3) is 0 Å². The molecule has 1 atom stereocenters. The molecule has 136 valence electrons. The summed E-state index contributed by atoms with van der Waals surface area (Å²) in [5.74, 6) is -0.140. The lowest BCUT2D eigenvalue weighted by Gasteiger charge is -2.15. The van der Waals surface area contributed by atoms with Gasteiger partial charge in [-0.25, -0.2) is 13.1 Å². The first kappa shape index (κ1) is 19.2. The van der Waals surface area contributed by atoms with Crippen LogP contribution in [0, 0.1) is 6.92 Å².